The van der Waals surface area contributed by atoms with Crippen LogP contribution in [0.2, 0.25) is 0 Å². The summed E-state index contributed by atoms with van der Waals surface area (Å²) < 4.78 is 0. The van der Waals surface area contributed by atoms with Crippen molar-refractivity contribution in [1.82, 2.24) is 9.97 Å². The molecule has 0 atom stereocenters. The van der Waals surface area contributed by atoms with E-state index in [0.717, 1.165) is 22.1 Å². The molecule has 24 heavy (non-hydrogen) atoms. The summed E-state index contributed by atoms with van der Waals surface area (Å²) in [6.45, 7) is 3.87. The lowest BCUT2D eigenvalue weighted by Crippen LogP contribution is -2.14. The summed E-state index contributed by atoms with van der Waals surface area (Å²) in [5, 5.41) is 3.55. The van der Waals surface area contributed by atoms with E-state index in [-0.39, 0.29) is 5.91 Å². The number of rotatable bonds is 6. The van der Waals surface area contributed by atoms with Gasteiger partial charge in [-0.25, -0.2) is 9.97 Å². The van der Waals surface area contributed by atoms with Crippen molar-refractivity contribution in [2.75, 3.05) is 11.6 Å². The first kappa shape index (κ1) is 17.9. The Morgan fingerprint density at radius 2 is 1.71 bits per heavy atom. The molecule has 0 fully saturated rings. The fourth-order valence-electron chi connectivity index (χ4n) is 2.34. The van der Waals surface area contributed by atoms with Gasteiger partial charge in [0.25, 0.3) is 0 Å². The molecular formula is C17H20N4O2S. The lowest BCUT2D eigenvalue weighted by Gasteiger charge is -2.10. The Morgan fingerprint density at radius 1 is 1.12 bits per heavy atom. The van der Waals surface area contributed by atoms with Crippen molar-refractivity contribution in [1.29, 1.82) is 0 Å². The molecular weight excluding hydrogens is 324 g/mol. The number of hydrogen-bond acceptors (Lipinski definition) is 5. The number of nitrogens with one attached hydrogen (secondary N) is 1. The molecule has 0 aliphatic heterocycles. The summed E-state index contributed by atoms with van der Waals surface area (Å²) in [6.07, 6.45) is 2.85. The Morgan fingerprint density at radius 3 is 2.21 bits per heavy atom. The average molecular weight is 344 g/mol. The number of aryl methyl sites for hydroxylation is 2. The second-order valence-corrected chi connectivity index (χ2v) is 6.12. The van der Waals surface area contributed by atoms with Gasteiger partial charge in [-0.1, -0.05) is 11.8 Å². The minimum Gasteiger partial charge on any atom is -0.366 e. The van der Waals surface area contributed by atoms with Crippen molar-refractivity contribution in [2.24, 2.45) is 5.73 Å². The summed E-state index contributed by atoms with van der Waals surface area (Å²) in [6, 6.07) is 6.48. The maximum Gasteiger partial charge on any atom is 0.248 e. The molecule has 2 aromatic rings. The van der Waals surface area contributed by atoms with E-state index in [9.17, 15) is 9.59 Å². The number of amides is 2. The van der Waals surface area contributed by atoms with Crippen LogP contribution in [0.5, 0.6) is 0 Å². The molecule has 1 heterocycles. The van der Waals surface area contributed by atoms with Crippen molar-refractivity contribution in [3.8, 4) is 0 Å². The van der Waals surface area contributed by atoms with E-state index in [1.165, 1.54) is 11.8 Å². The first-order valence-electron chi connectivity index (χ1n) is 7.48. The minimum absolute atomic E-state index is 0.102. The van der Waals surface area contributed by atoms with Gasteiger partial charge in [0.15, 0.2) is 5.16 Å². The van der Waals surface area contributed by atoms with E-state index in [1.807, 2.05) is 20.1 Å². The zero-order valence-corrected chi connectivity index (χ0v) is 14.7. The van der Waals surface area contributed by atoms with Crippen LogP contribution in [0.25, 0.3) is 0 Å². The predicted molar refractivity (Wildman–Crippen MR) is 95.2 cm³/mol. The van der Waals surface area contributed by atoms with Crippen molar-refractivity contribution in [2.45, 2.75) is 31.8 Å². The van der Waals surface area contributed by atoms with E-state index in [2.05, 4.69) is 15.3 Å². The minimum atomic E-state index is -0.493. The van der Waals surface area contributed by atoms with Crippen LogP contribution in [0.3, 0.4) is 0 Å². The molecule has 126 valence electrons. The van der Waals surface area contributed by atoms with Crippen LogP contribution in [0.1, 0.15) is 33.7 Å². The number of anilines is 1. The van der Waals surface area contributed by atoms with Gasteiger partial charge in [0, 0.05) is 29.1 Å². The fourth-order valence-corrected chi connectivity index (χ4v) is 2.80. The first-order chi connectivity index (χ1) is 11.4. The van der Waals surface area contributed by atoms with Crippen LogP contribution < -0.4 is 11.1 Å². The third kappa shape index (κ3) is 4.55. The number of carbonyl (C=O) groups excluding carboxylic acids is 2. The van der Waals surface area contributed by atoms with Gasteiger partial charge >= 0.3 is 0 Å². The van der Waals surface area contributed by atoms with Gasteiger partial charge in [0.05, 0.1) is 0 Å². The van der Waals surface area contributed by atoms with Crippen LogP contribution in [0, 0.1) is 13.8 Å². The maximum absolute atomic E-state index is 12.1. The van der Waals surface area contributed by atoms with Crippen LogP contribution in [0.4, 0.5) is 5.69 Å². The van der Waals surface area contributed by atoms with Crippen LogP contribution in [-0.2, 0) is 11.2 Å². The van der Waals surface area contributed by atoms with E-state index in [1.54, 1.807) is 24.3 Å². The van der Waals surface area contributed by atoms with Crippen LogP contribution >= 0.6 is 11.8 Å². The van der Waals surface area contributed by atoms with Gasteiger partial charge in [-0.2, -0.15) is 0 Å². The Kier molecular flexibility index (Phi) is 5.92. The first-order valence-corrected chi connectivity index (χ1v) is 8.71. The molecule has 2 rings (SSSR count). The molecule has 6 nitrogen and oxygen atoms in total. The molecule has 1 aromatic heterocycles. The monoisotopic (exact) mass is 344 g/mol. The lowest BCUT2D eigenvalue weighted by molar-refractivity contribution is -0.116. The molecule has 0 bridgehead atoms. The van der Waals surface area contributed by atoms with Gasteiger partial charge in [0.2, 0.25) is 11.8 Å². The second-order valence-electron chi connectivity index (χ2n) is 5.35. The highest BCUT2D eigenvalue weighted by Gasteiger charge is 2.11. The number of nitrogens with zero attached hydrogens (tertiary/aromatic N) is 2. The molecule has 2 amide bonds. The zero-order chi connectivity index (χ0) is 17.7. The summed E-state index contributed by atoms with van der Waals surface area (Å²) in [5.74, 6) is -0.595. The average Bonchev–Trinajstić information content (AvgIpc) is 2.54. The van der Waals surface area contributed by atoms with Crippen LogP contribution in [-0.4, -0.2) is 28.0 Å². The quantitative estimate of drug-likeness (QED) is 0.620. The molecule has 0 radical (unpaired) electrons. The molecule has 0 spiro atoms. The number of thioether (sulfide) groups is 1. The van der Waals surface area contributed by atoms with Gasteiger partial charge in [0.1, 0.15) is 0 Å². The molecule has 1 aromatic carbocycles. The van der Waals surface area contributed by atoms with E-state index in [4.69, 9.17) is 5.73 Å². The SMILES string of the molecule is CSc1nc(C)c(CCC(=O)Nc2ccc(C(N)=O)cc2)c(C)n1. The Bertz CT molecular complexity index is 737. The topological polar surface area (TPSA) is 98.0 Å². The molecule has 0 aliphatic rings. The summed E-state index contributed by atoms with van der Waals surface area (Å²) >= 11 is 1.50. The van der Waals surface area contributed by atoms with Crippen molar-refractivity contribution >= 4 is 29.3 Å². The van der Waals surface area contributed by atoms with E-state index < -0.39 is 5.91 Å². The third-order valence-electron chi connectivity index (χ3n) is 3.64. The second kappa shape index (κ2) is 7.92. The molecule has 0 aliphatic carbocycles. The lowest BCUT2D eigenvalue weighted by atomic mass is 10.1. The number of benzene rings is 1. The Labute approximate surface area is 145 Å². The van der Waals surface area contributed by atoms with Crippen molar-refractivity contribution in [3.05, 3.63) is 46.8 Å². The largest absolute Gasteiger partial charge is 0.366 e. The summed E-state index contributed by atoms with van der Waals surface area (Å²) in [5.41, 5.74) is 9.05. The van der Waals surface area contributed by atoms with E-state index >= 15 is 0 Å². The Hall–Kier alpha value is -2.41. The summed E-state index contributed by atoms with van der Waals surface area (Å²) in [4.78, 5) is 32.0. The number of primary amides is 1. The normalized spacial score (nSPS) is 10.5. The molecule has 0 unspecified atom stereocenters. The van der Waals surface area contributed by atoms with Gasteiger partial charge < -0.3 is 11.1 Å². The summed E-state index contributed by atoms with van der Waals surface area (Å²) in [7, 11) is 0. The molecule has 0 saturated heterocycles. The molecule has 0 saturated carbocycles. The van der Waals surface area contributed by atoms with Crippen LogP contribution in [0.15, 0.2) is 29.4 Å². The Balaban J connectivity index is 1.97. The highest BCUT2D eigenvalue weighted by atomic mass is 32.2. The smallest absolute Gasteiger partial charge is 0.248 e. The van der Waals surface area contributed by atoms with Gasteiger partial charge in [-0.05, 0) is 56.4 Å². The highest BCUT2D eigenvalue weighted by molar-refractivity contribution is 7.98. The number of aromatic nitrogens is 2. The maximum atomic E-state index is 12.1. The number of hydrogen-bond donors (Lipinski definition) is 2. The highest BCUT2D eigenvalue weighted by Crippen LogP contribution is 2.17. The molecule has 3 N–H and O–H groups in total. The van der Waals surface area contributed by atoms with Crippen molar-refractivity contribution in [3.63, 3.8) is 0 Å². The number of carbonyl (C=O) groups is 2. The standard InChI is InChI=1S/C17H20N4O2S/c1-10-14(11(2)20-17(19-10)24-3)8-9-15(22)21-13-6-4-12(5-7-13)16(18)23/h4-7H,8-9H2,1-3H3,(H2,18,23)(H,21,22). The van der Waals surface area contributed by atoms with Gasteiger partial charge in [-0.3, -0.25) is 9.59 Å². The van der Waals surface area contributed by atoms with Crippen molar-refractivity contribution < 1.29 is 9.59 Å². The predicted octanol–water partition coefficient (Wildman–Crippen LogP) is 2.49. The zero-order valence-electron chi connectivity index (χ0n) is 13.9. The fraction of sp³-hybridized carbons (Fsp3) is 0.294. The number of nitrogens with two attached hydrogens (primary N) is 1. The van der Waals surface area contributed by atoms with Gasteiger partial charge in [-0.15, -0.1) is 0 Å². The molecule has 7 heteroatoms. The van der Waals surface area contributed by atoms with E-state index in [0.29, 0.717) is 24.1 Å². The third-order valence-corrected chi connectivity index (χ3v) is 4.19.